The Balaban J connectivity index is 2.56. The van der Waals surface area contributed by atoms with E-state index in [0.29, 0.717) is 18.7 Å². The molecule has 0 aromatic carbocycles. The SMILES string of the molecule is CC(O)CCCNC(=O)c1cc(Br)cn1C(C)C. The molecular weight excluding hydrogens is 296 g/mol. The van der Waals surface area contributed by atoms with Gasteiger partial charge in [0.1, 0.15) is 5.69 Å². The zero-order valence-electron chi connectivity index (χ0n) is 11.1. The second kappa shape index (κ2) is 6.95. The zero-order valence-corrected chi connectivity index (χ0v) is 12.7. The van der Waals surface area contributed by atoms with Crippen molar-refractivity contribution in [1.82, 2.24) is 9.88 Å². The van der Waals surface area contributed by atoms with Crippen molar-refractivity contribution in [3.8, 4) is 0 Å². The van der Waals surface area contributed by atoms with Crippen LogP contribution in [0.3, 0.4) is 0 Å². The van der Waals surface area contributed by atoms with Crippen molar-refractivity contribution in [3.63, 3.8) is 0 Å². The summed E-state index contributed by atoms with van der Waals surface area (Å²) in [5, 5.41) is 12.0. The molecule has 1 unspecified atom stereocenters. The van der Waals surface area contributed by atoms with Gasteiger partial charge in [-0.05, 0) is 55.6 Å². The number of amides is 1. The Bertz CT molecular complexity index is 400. The molecular formula is C13H21BrN2O2. The minimum atomic E-state index is -0.310. The maximum Gasteiger partial charge on any atom is 0.267 e. The summed E-state index contributed by atoms with van der Waals surface area (Å²) in [5.74, 6) is -0.0695. The number of aliphatic hydroxyl groups is 1. The smallest absolute Gasteiger partial charge is 0.267 e. The van der Waals surface area contributed by atoms with Crippen LogP contribution in [0.4, 0.5) is 0 Å². The van der Waals surface area contributed by atoms with Gasteiger partial charge in [-0.1, -0.05) is 0 Å². The summed E-state index contributed by atoms with van der Waals surface area (Å²) in [7, 11) is 0. The molecule has 1 atom stereocenters. The number of carbonyl (C=O) groups is 1. The lowest BCUT2D eigenvalue weighted by Gasteiger charge is -2.12. The minimum Gasteiger partial charge on any atom is -0.393 e. The standard InChI is InChI=1S/C13H21BrN2O2/c1-9(2)16-8-11(14)7-12(16)13(18)15-6-4-5-10(3)17/h7-10,17H,4-6H2,1-3H3,(H,15,18). The molecule has 18 heavy (non-hydrogen) atoms. The number of aromatic nitrogens is 1. The van der Waals surface area contributed by atoms with Gasteiger partial charge in [0.2, 0.25) is 0 Å². The summed E-state index contributed by atoms with van der Waals surface area (Å²) in [5.41, 5.74) is 0.661. The lowest BCUT2D eigenvalue weighted by Crippen LogP contribution is -2.27. The van der Waals surface area contributed by atoms with Gasteiger partial charge in [0.15, 0.2) is 0 Å². The number of nitrogens with one attached hydrogen (secondary N) is 1. The highest BCUT2D eigenvalue weighted by Crippen LogP contribution is 2.19. The fourth-order valence-electron chi connectivity index (χ4n) is 1.74. The van der Waals surface area contributed by atoms with Crippen molar-refractivity contribution in [2.24, 2.45) is 0 Å². The van der Waals surface area contributed by atoms with Crippen LogP contribution in [-0.2, 0) is 0 Å². The fourth-order valence-corrected chi connectivity index (χ4v) is 2.18. The van der Waals surface area contributed by atoms with Crippen LogP contribution in [0.1, 0.15) is 50.1 Å². The Morgan fingerprint density at radius 1 is 1.50 bits per heavy atom. The number of nitrogens with zero attached hydrogens (tertiary/aromatic N) is 1. The van der Waals surface area contributed by atoms with Crippen molar-refractivity contribution in [2.75, 3.05) is 6.54 Å². The molecule has 0 bridgehead atoms. The highest BCUT2D eigenvalue weighted by molar-refractivity contribution is 9.10. The Morgan fingerprint density at radius 2 is 2.17 bits per heavy atom. The zero-order chi connectivity index (χ0) is 13.7. The highest BCUT2D eigenvalue weighted by atomic mass is 79.9. The average Bonchev–Trinajstić information content (AvgIpc) is 2.66. The Hall–Kier alpha value is -0.810. The van der Waals surface area contributed by atoms with E-state index in [0.717, 1.165) is 10.9 Å². The summed E-state index contributed by atoms with van der Waals surface area (Å²) in [6, 6.07) is 2.07. The molecule has 1 aromatic rings. The first-order valence-corrected chi connectivity index (χ1v) is 7.04. The topological polar surface area (TPSA) is 54.3 Å². The molecule has 0 fully saturated rings. The van der Waals surface area contributed by atoms with E-state index in [4.69, 9.17) is 5.11 Å². The predicted octanol–water partition coefficient (Wildman–Crippen LogP) is 2.72. The summed E-state index contributed by atoms with van der Waals surface area (Å²) >= 11 is 3.39. The summed E-state index contributed by atoms with van der Waals surface area (Å²) < 4.78 is 2.85. The van der Waals surface area contributed by atoms with Gasteiger partial charge in [-0.15, -0.1) is 0 Å². The second-order valence-corrected chi connectivity index (χ2v) is 5.71. The van der Waals surface area contributed by atoms with Gasteiger partial charge in [0.25, 0.3) is 5.91 Å². The van der Waals surface area contributed by atoms with Crippen LogP contribution in [-0.4, -0.2) is 28.2 Å². The Kier molecular flexibility index (Phi) is 5.88. The Morgan fingerprint density at radius 3 is 2.72 bits per heavy atom. The van der Waals surface area contributed by atoms with Crippen LogP contribution in [0, 0.1) is 0 Å². The van der Waals surface area contributed by atoms with Crippen molar-refractivity contribution in [3.05, 3.63) is 22.4 Å². The quantitative estimate of drug-likeness (QED) is 0.793. The summed E-state index contributed by atoms with van der Waals surface area (Å²) in [6.45, 7) is 6.42. The molecule has 0 aliphatic heterocycles. The van der Waals surface area contributed by atoms with Crippen LogP contribution >= 0.6 is 15.9 Å². The maximum absolute atomic E-state index is 12.0. The van der Waals surface area contributed by atoms with Crippen LogP contribution in [0.25, 0.3) is 0 Å². The fraction of sp³-hybridized carbons (Fsp3) is 0.615. The van der Waals surface area contributed by atoms with E-state index < -0.39 is 0 Å². The van der Waals surface area contributed by atoms with E-state index in [1.54, 1.807) is 6.92 Å². The normalized spacial score (nSPS) is 12.8. The van der Waals surface area contributed by atoms with E-state index in [9.17, 15) is 4.79 Å². The van der Waals surface area contributed by atoms with Crippen LogP contribution in [0.15, 0.2) is 16.7 Å². The molecule has 0 saturated heterocycles. The molecule has 0 radical (unpaired) electrons. The molecule has 1 rings (SSSR count). The third-order valence-electron chi connectivity index (χ3n) is 2.69. The lowest BCUT2D eigenvalue weighted by molar-refractivity contribution is 0.0939. The monoisotopic (exact) mass is 316 g/mol. The average molecular weight is 317 g/mol. The molecule has 1 amide bonds. The predicted molar refractivity (Wildman–Crippen MR) is 75.8 cm³/mol. The molecule has 0 saturated carbocycles. The van der Waals surface area contributed by atoms with E-state index in [1.807, 2.05) is 30.7 Å². The van der Waals surface area contributed by atoms with Crippen LogP contribution in [0.5, 0.6) is 0 Å². The highest BCUT2D eigenvalue weighted by Gasteiger charge is 2.14. The van der Waals surface area contributed by atoms with Gasteiger partial charge >= 0.3 is 0 Å². The number of rotatable bonds is 6. The van der Waals surface area contributed by atoms with Gasteiger partial charge in [0, 0.05) is 23.3 Å². The molecule has 102 valence electrons. The van der Waals surface area contributed by atoms with Gasteiger partial charge < -0.3 is 15.0 Å². The van der Waals surface area contributed by atoms with Crippen LogP contribution in [0.2, 0.25) is 0 Å². The molecule has 1 heterocycles. The largest absolute Gasteiger partial charge is 0.393 e. The third kappa shape index (κ3) is 4.46. The third-order valence-corrected chi connectivity index (χ3v) is 3.12. The van der Waals surface area contributed by atoms with Crippen LogP contribution < -0.4 is 5.32 Å². The van der Waals surface area contributed by atoms with E-state index >= 15 is 0 Å². The first-order chi connectivity index (χ1) is 8.41. The summed E-state index contributed by atoms with van der Waals surface area (Å²) in [6.07, 6.45) is 3.09. The van der Waals surface area contributed by atoms with Crippen molar-refractivity contribution in [1.29, 1.82) is 0 Å². The molecule has 2 N–H and O–H groups in total. The molecule has 0 spiro atoms. The van der Waals surface area contributed by atoms with Gasteiger partial charge in [0.05, 0.1) is 6.10 Å². The molecule has 0 aliphatic carbocycles. The van der Waals surface area contributed by atoms with E-state index in [1.165, 1.54) is 0 Å². The maximum atomic E-state index is 12.0. The molecule has 0 aliphatic rings. The van der Waals surface area contributed by atoms with Crippen molar-refractivity contribution in [2.45, 2.75) is 45.8 Å². The lowest BCUT2D eigenvalue weighted by atomic mass is 10.2. The number of carbonyl (C=O) groups excluding carboxylic acids is 1. The number of halogens is 1. The Labute approximate surface area is 117 Å². The van der Waals surface area contributed by atoms with Gasteiger partial charge in [-0.3, -0.25) is 4.79 Å². The van der Waals surface area contributed by atoms with Gasteiger partial charge in [-0.2, -0.15) is 0 Å². The second-order valence-electron chi connectivity index (χ2n) is 4.79. The van der Waals surface area contributed by atoms with E-state index in [-0.39, 0.29) is 18.1 Å². The van der Waals surface area contributed by atoms with E-state index in [2.05, 4.69) is 21.2 Å². The first-order valence-electron chi connectivity index (χ1n) is 6.25. The number of hydrogen-bond acceptors (Lipinski definition) is 2. The molecule has 1 aromatic heterocycles. The summed E-state index contributed by atoms with van der Waals surface area (Å²) in [4.78, 5) is 12.0. The first kappa shape index (κ1) is 15.2. The van der Waals surface area contributed by atoms with Crippen molar-refractivity contribution < 1.29 is 9.90 Å². The molecule has 4 nitrogen and oxygen atoms in total. The van der Waals surface area contributed by atoms with Crippen molar-refractivity contribution >= 4 is 21.8 Å². The minimum absolute atomic E-state index is 0.0695. The number of hydrogen-bond donors (Lipinski definition) is 2. The van der Waals surface area contributed by atoms with Gasteiger partial charge in [-0.25, -0.2) is 0 Å². The number of aliphatic hydroxyl groups excluding tert-OH is 1. The molecule has 5 heteroatoms.